The first-order valence-electron chi connectivity index (χ1n) is 4.77. The van der Waals surface area contributed by atoms with Gasteiger partial charge in [0.2, 0.25) is 0 Å². The summed E-state index contributed by atoms with van der Waals surface area (Å²) in [7, 11) is 0. The van der Waals surface area contributed by atoms with E-state index < -0.39 is 17.5 Å². The summed E-state index contributed by atoms with van der Waals surface area (Å²) < 4.78 is 4.73. The second-order valence-electron chi connectivity index (χ2n) is 3.55. The van der Waals surface area contributed by atoms with Crippen LogP contribution in [-0.4, -0.2) is 30.1 Å². The summed E-state index contributed by atoms with van der Waals surface area (Å²) in [6.07, 6.45) is 0.349. The van der Waals surface area contributed by atoms with E-state index in [-0.39, 0.29) is 18.8 Å². The summed E-state index contributed by atoms with van der Waals surface area (Å²) in [5, 5.41) is 4.59. The van der Waals surface area contributed by atoms with Crippen molar-refractivity contribution in [3.05, 3.63) is 0 Å². The molecule has 1 aliphatic heterocycles. The number of esters is 1. The number of imide groups is 1. The Morgan fingerprint density at radius 3 is 2.60 bits per heavy atom. The van der Waals surface area contributed by atoms with Crippen LogP contribution in [0.1, 0.15) is 26.7 Å². The summed E-state index contributed by atoms with van der Waals surface area (Å²) in [5.74, 6) is -0.774. The van der Waals surface area contributed by atoms with E-state index in [1.807, 2.05) is 0 Å². The number of hydrogen-bond acceptors (Lipinski definition) is 4. The molecule has 0 aromatic carbocycles. The molecular formula is C9H14N2O4. The number of rotatable bonds is 4. The highest BCUT2D eigenvalue weighted by Crippen LogP contribution is 2.16. The van der Waals surface area contributed by atoms with Gasteiger partial charge in [-0.2, -0.15) is 0 Å². The highest BCUT2D eigenvalue weighted by Gasteiger charge is 2.41. The number of ether oxygens (including phenoxy) is 1. The molecule has 0 saturated carbocycles. The first-order valence-corrected chi connectivity index (χ1v) is 4.77. The highest BCUT2D eigenvalue weighted by atomic mass is 16.5. The normalized spacial score (nSPS) is 24.7. The third kappa shape index (κ3) is 2.68. The Balaban J connectivity index is 2.47. The number of hydrogen-bond donors (Lipinski definition) is 2. The monoisotopic (exact) mass is 214 g/mol. The average molecular weight is 214 g/mol. The molecule has 1 atom stereocenters. The molecule has 1 fully saturated rings. The lowest BCUT2D eigenvalue weighted by Crippen LogP contribution is -2.44. The van der Waals surface area contributed by atoms with Crippen molar-refractivity contribution in [2.24, 2.45) is 0 Å². The first-order chi connectivity index (χ1) is 6.98. The molecule has 1 heterocycles. The van der Waals surface area contributed by atoms with Gasteiger partial charge in [-0.05, 0) is 20.3 Å². The van der Waals surface area contributed by atoms with E-state index in [0.29, 0.717) is 6.61 Å². The van der Waals surface area contributed by atoms with Crippen molar-refractivity contribution in [3.63, 3.8) is 0 Å². The fourth-order valence-electron chi connectivity index (χ4n) is 1.34. The topological polar surface area (TPSA) is 84.5 Å². The van der Waals surface area contributed by atoms with E-state index in [9.17, 15) is 14.4 Å². The maximum absolute atomic E-state index is 11.3. The van der Waals surface area contributed by atoms with Gasteiger partial charge in [0.1, 0.15) is 5.54 Å². The number of carbonyl (C=O) groups is 3. The Hall–Kier alpha value is -1.59. The standard InChI is InChI=1S/C9H14N2O4/c1-3-15-6(12)4-5-9(2)7(13)10-8(14)11-9/h3-5H2,1-2H3,(H2,10,11,13,14). The van der Waals surface area contributed by atoms with Crippen molar-refractivity contribution in [2.45, 2.75) is 32.2 Å². The van der Waals surface area contributed by atoms with Crippen LogP contribution in [0.15, 0.2) is 0 Å². The molecule has 0 aromatic rings. The molecule has 3 amide bonds. The van der Waals surface area contributed by atoms with E-state index in [2.05, 4.69) is 10.6 Å². The lowest BCUT2D eigenvalue weighted by molar-refractivity contribution is -0.143. The molecule has 0 bridgehead atoms. The lowest BCUT2D eigenvalue weighted by atomic mass is 9.96. The van der Waals surface area contributed by atoms with Gasteiger partial charge in [-0.25, -0.2) is 4.79 Å². The molecule has 0 radical (unpaired) electrons. The number of urea groups is 1. The fourth-order valence-corrected chi connectivity index (χ4v) is 1.34. The van der Waals surface area contributed by atoms with Gasteiger partial charge in [0.15, 0.2) is 0 Å². The second-order valence-corrected chi connectivity index (χ2v) is 3.55. The van der Waals surface area contributed by atoms with E-state index in [4.69, 9.17) is 4.74 Å². The van der Waals surface area contributed by atoms with E-state index in [1.165, 1.54) is 0 Å². The summed E-state index contributed by atoms with van der Waals surface area (Å²) in [4.78, 5) is 33.3. The first kappa shape index (κ1) is 11.5. The molecule has 2 N–H and O–H groups in total. The summed E-state index contributed by atoms with van der Waals surface area (Å²) >= 11 is 0. The molecule has 0 aromatic heterocycles. The van der Waals surface area contributed by atoms with Crippen LogP contribution < -0.4 is 10.6 Å². The minimum absolute atomic E-state index is 0.109. The zero-order valence-electron chi connectivity index (χ0n) is 8.75. The van der Waals surface area contributed by atoms with Crippen LogP contribution in [0.2, 0.25) is 0 Å². The largest absolute Gasteiger partial charge is 0.466 e. The second kappa shape index (κ2) is 4.29. The van der Waals surface area contributed by atoms with Crippen molar-refractivity contribution >= 4 is 17.9 Å². The Morgan fingerprint density at radius 1 is 1.47 bits per heavy atom. The quantitative estimate of drug-likeness (QED) is 0.506. The molecule has 0 aliphatic carbocycles. The molecule has 0 spiro atoms. The minimum Gasteiger partial charge on any atom is -0.466 e. The average Bonchev–Trinajstić information content (AvgIpc) is 2.39. The van der Waals surface area contributed by atoms with E-state index >= 15 is 0 Å². The summed E-state index contributed by atoms with van der Waals surface area (Å²) in [6.45, 7) is 3.60. The van der Waals surface area contributed by atoms with Crippen molar-refractivity contribution in [2.75, 3.05) is 6.61 Å². The van der Waals surface area contributed by atoms with Crippen LogP contribution in [0.25, 0.3) is 0 Å². The third-order valence-corrected chi connectivity index (χ3v) is 2.25. The molecule has 84 valence electrons. The molecule has 15 heavy (non-hydrogen) atoms. The van der Waals surface area contributed by atoms with Gasteiger partial charge in [0, 0.05) is 6.42 Å². The summed E-state index contributed by atoms with van der Waals surface area (Å²) in [6, 6.07) is -0.522. The maximum atomic E-state index is 11.3. The molecular weight excluding hydrogens is 200 g/mol. The van der Waals surface area contributed by atoms with Gasteiger partial charge >= 0.3 is 12.0 Å². The van der Waals surface area contributed by atoms with Crippen molar-refractivity contribution in [3.8, 4) is 0 Å². The fraction of sp³-hybridized carbons (Fsp3) is 0.667. The van der Waals surface area contributed by atoms with E-state index in [0.717, 1.165) is 0 Å². The van der Waals surface area contributed by atoms with Crippen LogP contribution in [0.5, 0.6) is 0 Å². The van der Waals surface area contributed by atoms with Crippen molar-refractivity contribution in [1.29, 1.82) is 0 Å². The predicted octanol–water partition coefficient (Wildman–Crippen LogP) is -0.0722. The van der Waals surface area contributed by atoms with Crippen LogP contribution in [0.3, 0.4) is 0 Å². The Morgan fingerprint density at radius 2 is 2.13 bits per heavy atom. The molecule has 6 heteroatoms. The Labute approximate surface area is 87.4 Å². The van der Waals surface area contributed by atoms with Gasteiger partial charge in [-0.1, -0.05) is 0 Å². The molecule has 6 nitrogen and oxygen atoms in total. The number of amides is 3. The van der Waals surface area contributed by atoms with Crippen molar-refractivity contribution in [1.82, 2.24) is 10.6 Å². The van der Waals surface area contributed by atoms with Gasteiger partial charge in [0.05, 0.1) is 6.61 Å². The Bertz CT molecular complexity index is 302. The van der Waals surface area contributed by atoms with Gasteiger partial charge < -0.3 is 10.1 Å². The van der Waals surface area contributed by atoms with Gasteiger partial charge in [0.25, 0.3) is 5.91 Å². The van der Waals surface area contributed by atoms with Crippen molar-refractivity contribution < 1.29 is 19.1 Å². The molecule has 1 saturated heterocycles. The van der Waals surface area contributed by atoms with Crippen LogP contribution >= 0.6 is 0 Å². The molecule has 1 unspecified atom stereocenters. The highest BCUT2D eigenvalue weighted by molar-refractivity contribution is 6.06. The lowest BCUT2D eigenvalue weighted by Gasteiger charge is -2.19. The SMILES string of the molecule is CCOC(=O)CCC1(C)NC(=O)NC1=O. The van der Waals surface area contributed by atoms with Crippen LogP contribution in [0, 0.1) is 0 Å². The smallest absolute Gasteiger partial charge is 0.322 e. The van der Waals surface area contributed by atoms with E-state index in [1.54, 1.807) is 13.8 Å². The number of carbonyl (C=O) groups excluding carboxylic acids is 3. The van der Waals surface area contributed by atoms with Crippen LogP contribution in [0.4, 0.5) is 4.79 Å². The minimum atomic E-state index is -0.996. The number of nitrogens with one attached hydrogen (secondary N) is 2. The van der Waals surface area contributed by atoms with Gasteiger partial charge in [-0.3, -0.25) is 14.9 Å². The third-order valence-electron chi connectivity index (χ3n) is 2.25. The zero-order valence-corrected chi connectivity index (χ0v) is 8.75. The Kier molecular flexibility index (Phi) is 3.28. The van der Waals surface area contributed by atoms with Crippen LogP contribution in [-0.2, 0) is 14.3 Å². The predicted molar refractivity (Wildman–Crippen MR) is 50.9 cm³/mol. The zero-order chi connectivity index (χ0) is 11.5. The summed E-state index contributed by atoms with van der Waals surface area (Å²) in [5.41, 5.74) is -0.996. The maximum Gasteiger partial charge on any atom is 0.322 e. The molecule has 1 rings (SSSR count). The van der Waals surface area contributed by atoms with Gasteiger partial charge in [-0.15, -0.1) is 0 Å². The molecule has 1 aliphatic rings.